The highest BCUT2D eigenvalue weighted by Gasteiger charge is 2.13. The van der Waals surface area contributed by atoms with E-state index in [1.165, 1.54) is 12.8 Å². The minimum absolute atomic E-state index is 0.0887. The Kier molecular flexibility index (Phi) is 8.06. The smallest absolute Gasteiger partial charge is 0.333 e. The van der Waals surface area contributed by atoms with Gasteiger partial charge in [-0.1, -0.05) is 39.7 Å². The van der Waals surface area contributed by atoms with Crippen LogP contribution in [0.2, 0.25) is 0 Å². The lowest BCUT2D eigenvalue weighted by Gasteiger charge is -2.17. The molecule has 2 heteroatoms. The summed E-state index contributed by atoms with van der Waals surface area (Å²) in [5.41, 5.74) is 0.492. The van der Waals surface area contributed by atoms with Crippen LogP contribution in [0, 0.1) is 0 Å². The summed E-state index contributed by atoms with van der Waals surface area (Å²) in [5.74, 6) is -0.245. The molecule has 0 heterocycles. The highest BCUT2D eigenvalue weighted by atomic mass is 16.5. The van der Waals surface area contributed by atoms with Gasteiger partial charge in [-0.25, -0.2) is 4.79 Å². The second kappa shape index (κ2) is 8.51. The lowest BCUT2D eigenvalue weighted by atomic mass is 10.1. The van der Waals surface area contributed by atoms with Gasteiger partial charge in [-0.3, -0.25) is 0 Å². The van der Waals surface area contributed by atoms with Crippen molar-refractivity contribution >= 4 is 5.97 Å². The molecule has 0 aliphatic heterocycles. The zero-order valence-electron chi connectivity index (χ0n) is 10.3. The fourth-order valence-electron chi connectivity index (χ4n) is 1.46. The van der Waals surface area contributed by atoms with Gasteiger partial charge in [-0.2, -0.15) is 0 Å². The highest BCUT2D eigenvalue weighted by molar-refractivity contribution is 5.87. The third-order valence-electron chi connectivity index (χ3n) is 2.36. The Bertz CT molecular complexity index is 197. The molecule has 1 atom stereocenters. The predicted octanol–water partition coefficient (Wildman–Crippen LogP) is 3.85. The molecule has 0 radical (unpaired) electrons. The SMILES string of the molecule is C=C(C)C(=O)OC(CCC)CCCCC. The molecule has 0 rings (SSSR count). The Morgan fingerprint density at radius 3 is 2.33 bits per heavy atom. The number of carbonyl (C=O) groups is 1. The first-order valence-electron chi connectivity index (χ1n) is 5.98. The quantitative estimate of drug-likeness (QED) is 0.347. The molecule has 15 heavy (non-hydrogen) atoms. The van der Waals surface area contributed by atoms with Crippen molar-refractivity contribution in [1.82, 2.24) is 0 Å². The number of ether oxygens (including phenoxy) is 1. The van der Waals surface area contributed by atoms with Gasteiger partial charge in [0.2, 0.25) is 0 Å². The molecule has 0 fully saturated rings. The van der Waals surface area contributed by atoms with E-state index in [2.05, 4.69) is 20.4 Å². The molecular formula is C13H24O2. The van der Waals surface area contributed by atoms with Crippen molar-refractivity contribution in [1.29, 1.82) is 0 Å². The summed E-state index contributed by atoms with van der Waals surface area (Å²) in [7, 11) is 0. The summed E-state index contributed by atoms with van der Waals surface area (Å²) < 4.78 is 5.36. The average Bonchev–Trinajstić information content (AvgIpc) is 2.18. The van der Waals surface area contributed by atoms with E-state index < -0.39 is 0 Å². The third-order valence-corrected chi connectivity index (χ3v) is 2.36. The molecule has 0 aromatic heterocycles. The van der Waals surface area contributed by atoms with Gasteiger partial charge >= 0.3 is 5.97 Å². The van der Waals surface area contributed by atoms with Crippen LogP contribution in [0.5, 0.6) is 0 Å². The average molecular weight is 212 g/mol. The van der Waals surface area contributed by atoms with Crippen LogP contribution in [0.15, 0.2) is 12.2 Å². The van der Waals surface area contributed by atoms with E-state index in [1.807, 2.05) is 0 Å². The van der Waals surface area contributed by atoms with Crippen molar-refractivity contribution in [3.63, 3.8) is 0 Å². The summed E-state index contributed by atoms with van der Waals surface area (Å²) in [6.07, 6.45) is 6.65. The van der Waals surface area contributed by atoms with Gasteiger partial charge in [0.25, 0.3) is 0 Å². The molecule has 0 saturated carbocycles. The normalized spacial score (nSPS) is 12.2. The monoisotopic (exact) mass is 212 g/mol. The first-order chi connectivity index (χ1) is 7.11. The maximum Gasteiger partial charge on any atom is 0.333 e. The Hall–Kier alpha value is -0.790. The van der Waals surface area contributed by atoms with Crippen molar-refractivity contribution in [3.8, 4) is 0 Å². The van der Waals surface area contributed by atoms with Crippen LogP contribution in [0.25, 0.3) is 0 Å². The standard InChI is InChI=1S/C13H24O2/c1-5-7-8-10-12(9-6-2)15-13(14)11(3)4/h12H,3,5-10H2,1-2,4H3. The van der Waals surface area contributed by atoms with Gasteiger partial charge in [0, 0.05) is 5.57 Å². The summed E-state index contributed by atoms with van der Waals surface area (Å²) in [6, 6.07) is 0. The van der Waals surface area contributed by atoms with E-state index >= 15 is 0 Å². The Morgan fingerprint density at radius 1 is 1.20 bits per heavy atom. The van der Waals surface area contributed by atoms with Crippen LogP contribution in [0.1, 0.15) is 59.3 Å². The highest BCUT2D eigenvalue weighted by Crippen LogP contribution is 2.13. The molecule has 0 aromatic carbocycles. The lowest BCUT2D eigenvalue weighted by molar-refractivity contribution is -0.144. The predicted molar refractivity (Wildman–Crippen MR) is 63.7 cm³/mol. The van der Waals surface area contributed by atoms with E-state index in [0.717, 1.165) is 25.7 Å². The molecule has 0 spiro atoms. The van der Waals surface area contributed by atoms with Gasteiger partial charge in [0.1, 0.15) is 6.10 Å². The van der Waals surface area contributed by atoms with Crippen molar-refractivity contribution in [2.75, 3.05) is 0 Å². The molecule has 1 unspecified atom stereocenters. The second-order valence-corrected chi connectivity index (χ2v) is 4.09. The molecule has 0 bridgehead atoms. The summed E-state index contributed by atoms with van der Waals surface area (Å²) in [5, 5.41) is 0. The zero-order chi connectivity index (χ0) is 11.7. The van der Waals surface area contributed by atoms with E-state index in [9.17, 15) is 4.79 Å². The largest absolute Gasteiger partial charge is 0.459 e. The fourth-order valence-corrected chi connectivity index (χ4v) is 1.46. The van der Waals surface area contributed by atoms with Crippen LogP contribution in [-0.2, 0) is 9.53 Å². The summed E-state index contributed by atoms with van der Waals surface area (Å²) in [4.78, 5) is 11.3. The number of unbranched alkanes of at least 4 members (excludes halogenated alkanes) is 2. The number of carbonyl (C=O) groups excluding carboxylic acids is 1. The van der Waals surface area contributed by atoms with Crippen molar-refractivity contribution in [2.24, 2.45) is 0 Å². The lowest BCUT2D eigenvalue weighted by Crippen LogP contribution is -2.18. The zero-order valence-corrected chi connectivity index (χ0v) is 10.3. The Labute approximate surface area is 93.7 Å². The molecule has 0 aromatic rings. The number of hydrogen-bond acceptors (Lipinski definition) is 2. The van der Waals surface area contributed by atoms with E-state index in [4.69, 9.17) is 4.74 Å². The molecule has 0 amide bonds. The Balaban J connectivity index is 3.91. The maximum atomic E-state index is 11.3. The van der Waals surface area contributed by atoms with Crippen LogP contribution >= 0.6 is 0 Å². The van der Waals surface area contributed by atoms with Gasteiger partial charge in [0.15, 0.2) is 0 Å². The van der Waals surface area contributed by atoms with Crippen LogP contribution in [-0.4, -0.2) is 12.1 Å². The number of esters is 1. The van der Waals surface area contributed by atoms with Crippen LogP contribution in [0.3, 0.4) is 0 Å². The second-order valence-electron chi connectivity index (χ2n) is 4.09. The van der Waals surface area contributed by atoms with Gasteiger partial charge in [-0.05, 0) is 26.2 Å². The molecular weight excluding hydrogens is 188 g/mol. The van der Waals surface area contributed by atoms with E-state index in [1.54, 1.807) is 6.92 Å². The minimum Gasteiger partial charge on any atom is -0.459 e. The number of hydrogen-bond donors (Lipinski definition) is 0. The first kappa shape index (κ1) is 14.2. The molecule has 2 nitrogen and oxygen atoms in total. The minimum atomic E-state index is -0.245. The molecule has 88 valence electrons. The van der Waals surface area contributed by atoms with Crippen molar-refractivity contribution < 1.29 is 9.53 Å². The maximum absolute atomic E-state index is 11.3. The van der Waals surface area contributed by atoms with Crippen molar-refractivity contribution in [3.05, 3.63) is 12.2 Å². The van der Waals surface area contributed by atoms with Crippen LogP contribution in [0.4, 0.5) is 0 Å². The Morgan fingerprint density at radius 2 is 1.87 bits per heavy atom. The van der Waals surface area contributed by atoms with E-state index in [-0.39, 0.29) is 12.1 Å². The van der Waals surface area contributed by atoms with Crippen molar-refractivity contribution in [2.45, 2.75) is 65.4 Å². The third kappa shape index (κ3) is 7.18. The fraction of sp³-hybridized carbons (Fsp3) is 0.769. The van der Waals surface area contributed by atoms with Gasteiger partial charge < -0.3 is 4.74 Å². The first-order valence-corrected chi connectivity index (χ1v) is 5.98. The topological polar surface area (TPSA) is 26.3 Å². The molecule has 0 N–H and O–H groups in total. The molecule has 0 aliphatic carbocycles. The van der Waals surface area contributed by atoms with Gasteiger partial charge in [-0.15, -0.1) is 0 Å². The van der Waals surface area contributed by atoms with E-state index in [0.29, 0.717) is 5.57 Å². The molecule has 0 saturated heterocycles. The van der Waals surface area contributed by atoms with Crippen LogP contribution < -0.4 is 0 Å². The molecule has 0 aliphatic rings. The summed E-state index contributed by atoms with van der Waals surface area (Å²) >= 11 is 0. The summed E-state index contributed by atoms with van der Waals surface area (Å²) in [6.45, 7) is 9.57. The van der Waals surface area contributed by atoms with Gasteiger partial charge in [0.05, 0.1) is 0 Å². The number of rotatable bonds is 8.